The lowest BCUT2D eigenvalue weighted by atomic mass is 10.1. The molecule has 9 heteroatoms. The largest absolute Gasteiger partial charge is 0.366 e. The van der Waals surface area contributed by atoms with Crippen LogP contribution in [0.5, 0.6) is 0 Å². The molecule has 0 aliphatic carbocycles. The first-order valence-corrected chi connectivity index (χ1v) is 7.54. The van der Waals surface area contributed by atoms with E-state index in [0.717, 1.165) is 0 Å². The van der Waals surface area contributed by atoms with Crippen LogP contribution in [0.2, 0.25) is 0 Å². The van der Waals surface area contributed by atoms with Crippen LogP contribution in [0, 0.1) is 0 Å². The molecule has 0 bridgehead atoms. The Labute approximate surface area is 136 Å². The van der Waals surface area contributed by atoms with Crippen LogP contribution in [0.15, 0.2) is 23.0 Å². The zero-order chi connectivity index (χ0) is 17.3. The summed E-state index contributed by atoms with van der Waals surface area (Å²) in [6.45, 7) is 1.39. The van der Waals surface area contributed by atoms with Gasteiger partial charge in [0.1, 0.15) is 0 Å². The van der Waals surface area contributed by atoms with Gasteiger partial charge in [0.25, 0.3) is 5.56 Å². The van der Waals surface area contributed by atoms with E-state index in [9.17, 15) is 19.6 Å². The van der Waals surface area contributed by atoms with Gasteiger partial charge in [-0.05, 0) is 44.1 Å². The Morgan fingerprint density at radius 3 is 2.67 bits per heavy atom. The number of carbonyl (C=O) groups excluding carboxylic acids is 2. The van der Waals surface area contributed by atoms with E-state index in [1.165, 1.54) is 18.2 Å². The summed E-state index contributed by atoms with van der Waals surface area (Å²) < 4.78 is 0. The van der Waals surface area contributed by atoms with Crippen molar-refractivity contribution in [1.29, 1.82) is 0 Å². The Morgan fingerprint density at radius 1 is 1.29 bits per heavy atom. The first kappa shape index (κ1) is 16.1. The first-order valence-electron chi connectivity index (χ1n) is 7.54. The second-order valence-electron chi connectivity index (χ2n) is 5.64. The van der Waals surface area contributed by atoms with Gasteiger partial charge in [-0.15, -0.1) is 0 Å². The van der Waals surface area contributed by atoms with Crippen LogP contribution in [0.3, 0.4) is 0 Å². The summed E-state index contributed by atoms with van der Waals surface area (Å²) in [5.41, 5.74) is 5.03. The number of carbonyl (C=O) groups is 2. The van der Waals surface area contributed by atoms with Gasteiger partial charge in [0, 0.05) is 5.56 Å². The van der Waals surface area contributed by atoms with Crippen molar-refractivity contribution in [3.63, 3.8) is 0 Å². The van der Waals surface area contributed by atoms with Crippen molar-refractivity contribution in [2.45, 2.75) is 18.9 Å². The standard InChI is InChI=1S/C15H17N5O4/c16-12(21)8-1-2-10-11(7-8)18-13(19-14(10)22)15(23)20(24)9-3-5-17-6-4-9/h1-2,7,9,17,24H,3-6H2,(H2,16,21)(H,18,19,22). The molecule has 2 heterocycles. The van der Waals surface area contributed by atoms with Crippen molar-refractivity contribution < 1.29 is 14.8 Å². The lowest BCUT2D eigenvalue weighted by Crippen LogP contribution is -2.45. The topological polar surface area (TPSA) is 141 Å². The molecule has 0 spiro atoms. The predicted octanol–water partition coefficient (Wildman–Crippen LogP) is -0.395. The third-order valence-electron chi connectivity index (χ3n) is 4.06. The van der Waals surface area contributed by atoms with E-state index in [2.05, 4.69) is 15.3 Å². The van der Waals surface area contributed by atoms with Gasteiger partial charge in [-0.2, -0.15) is 0 Å². The van der Waals surface area contributed by atoms with Gasteiger partial charge >= 0.3 is 5.91 Å². The Bertz CT molecular complexity index is 857. The molecular formula is C15H17N5O4. The molecule has 1 aliphatic rings. The molecule has 3 rings (SSSR count). The number of nitrogens with two attached hydrogens (primary N) is 1. The van der Waals surface area contributed by atoms with Crippen molar-refractivity contribution in [2.75, 3.05) is 13.1 Å². The smallest absolute Gasteiger partial charge is 0.313 e. The Hall–Kier alpha value is -2.78. The molecule has 0 unspecified atom stereocenters. The number of hydroxylamine groups is 2. The first-order chi connectivity index (χ1) is 11.5. The van der Waals surface area contributed by atoms with Gasteiger partial charge in [-0.3, -0.25) is 19.6 Å². The minimum absolute atomic E-state index is 0.164. The maximum absolute atomic E-state index is 12.4. The summed E-state index contributed by atoms with van der Waals surface area (Å²) in [4.78, 5) is 42.2. The van der Waals surface area contributed by atoms with E-state index in [4.69, 9.17) is 5.73 Å². The van der Waals surface area contributed by atoms with Gasteiger partial charge in [0.05, 0.1) is 16.9 Å². The van der Waals surface area contributed by atoms with E-state index in [-0.39, 0.29) is 28.3 Å². The lowest BCUT2D eigenvalue weighted by molar-refractivity contribution is -0.0955. The molecule has 126 valence electrons. The second kappa shape index (κ2) is 6.38. The average molecular weight is 331 g/mol. The van der Waals surface area contributed by atoms with Gasteiger partial charge < -0.3 is 16.0 Å². The molecule has 0 radical (unpaired) electrons. The van der Waals surface area contributed by atoms with Crippen molar-refractivity contribution in [3.05, 3.63) is 39.9 Å². The van der Waals surface area contributed by atoms with E-state index in [0.29, 0.717) is 31.0 Å². The van der Waals surface area contributed by atoms with Crippen molar-refractivity contribution in [1.82, 2.24) is 20.3 Å². The maximum atomic E-state index is 12.4. The summed E-state index contributed by atoms with van der Waals surface area (Å²) in [6, 6.07) is 3.84. The number of hydrogen-bond donors (Lipinski definition) is 4. The third-order valence-corrected chi connectivity index (χ3v) is 4.06. The van der Waals surface area contributed by atoms with E-state index < -0.39 is 17.4 Å². The molecule has 1 fully saturated rings. The number of nitrogens with one attached hydrogen (secondary N) is 2. The number of aromatic amines is 1. The Kier molecular flexibility index (Phi) is 4.28. The highest BCUT2D eigenvalue weighted by Gasteiger charge is 2.26. The van der Waals surface area contributed by atoms with E-state index >= 15 is 0 Å². The summed E-state index contributed by atoms with van der Waals surface area (Å²) in [7, 11) is 0. The number of rotatable bonds is 3. The van der Waals surface area contributed by atoms with Crippen LogP contribution < -0.4 is 16.6 Å². The average Bonchev–Trinajstić information content (AvgIpc) is 2.60. The number of fused-ring (bicyclic) bond motifs is 1. The van der Waals surface area contributed by atoms with Crippen molar-refractivity contribution >= 4 is 22.7 Å². The highest BCUT2D eigenvalue weighted by Crippen LogP contribution is 2.14. The van der Waals surface area contributed by atoms with Crippen LogP contribution in [-0.2, 0) is 0 Å². The third kappa shape index (κ3) is 2.99. The van der Waals surface area contributed by atoms with E-state index in [1.54, 1.807) is 0 Å². The molecule has 0 atom stereocenters. The molecule has 5 N–H and O–H groups in total. The van der Waals surface area contributed by atoms with Crippen LogP contribution in [0.4, 0.5) is 0 Å². The fourth-order valence-corrected chi connectivity index (χ4v) is 2.72. The number of piperidine rings is 1. The Morgan fingerprint density at radius 2 is 2.00 bits per heavy atom. The molecule has 0 saturated carbocycles. The molecule has 9 nitrogen and oxygen atoms in total. The summed E-state index contributed by atoms with van der Waals surface area (Å²) >= 11 is 0. The highest BCUT2D eigenvalue weighted by molar-refractivity contribution is 5.97. The predicted molar refractivity (Wildman–Crippen MR) is 84.7 cm³/mol. The second-order valence-corrected chi connectivity index (χ2v) is 5.64. The molecular weight excluding hydrogens is 314 g/mol. The summed E-state index contributed by atoms with van der Waals surface area (Å²) in [6.07, 6.45) is 1.21. The van der Waals surface area contributed by atoms with E-state index in [1.807, 2.05) is 0 Å². The normalized spacial score (nSPS) is 15.4. The van der Waals surface area contributed by atoms with Crippen molar-refractivity contribution in [2.24, 2.45) is 5.73 Å². The lowest BCUT2D eigenvalue weighted by Gasteiger charge is -2.29. The number of aromatic nitrogens is 2. The fourth-order valence-electron chi connectivity index (χ4n) is 2.72. The van der Waals surface area contributed by atoms with Crippen LogP contribution in [0.25, 0.3) is 10.9 Å². The van der Waals surface area contributed by atoms with Gasteiger partial charge in [-0.25, -0.2) is 10.0 Å². The van der Waals surface area contributed by atoms with Crippen LogP contribution >= 0.6 is 0 Å². The molecule has 1 aromatic carbocycles. The summed E-state index contributed by atoms with van der Waals surface area (Å²) in [5.74, 6) is -1.73. The minimum Gasteiger partial charge on any atom is -0.366 e. The molecule has 1 saturated heterocycles. The number of nitrogens with zero attached hydrogens (tertiary/aromatic N) is 2. The molecule has 1 aliphatic heterocycles. The fraction of sp³-hybridized carbons (Fsp3) is 0.333. The Balaban J connectivity index is 1.97. The minimum atomic E-state index is -0.787. The van der Waals surface area contributed by atoms with Gasteiger partial charge in [0.2, 0.25) is 11.7 Å². The summed E-state index contributed by atoms with van der Waals surface area (Å²) in [5, 5.41) is 14.1. The number of benzene rings is 1. The number of H-pyrrole nitrogens is 1. The monoisotopic (exact) mass is 331 g/mol. The van der Waals surface area contributed by atoms with Crippen LogP contribution in [-0.4, -0.2) is 51.2 Å². The quantitative estimate of drug-likeness (QED) is 0.445. The van der Waals surface area contributed by atoms with Gasteiger partial charge in [0.15, 0.2) is 0 Å². The van der Waals surface area contributed by atoms with Gasteiger partial charge in [-0.1, -0.05) is 0 Å². The zero-order valence-electron chi connectivity index (χ0n) is 12.8. The number of hydrogen-bond acceptors (Lipinski definition) is 6. The van der Waals surface area contributed by atoms with Crippen molar-refractivity contribution in [3.8, 4) is 0 Å². The maximum Gasteiger partial charge on any atom is 0.313 e. The van der Waals surface area contributed by atoms with Crippen LogP contribution in [0.1, 0.15) is 33.8 Å². The number of primary amides is 1. The number of amides is 2. The molecule has 2 aromatic rings. The SMILES string of the molecule is NC(=O)c1ccc2c(=O)[nH]c(C(=O)N(O)C3CCNCC3)nc2c1. The molecule has 1 aromatic heterocycles. The highest BCUT2D eigenvalue weighted by atomic mass is 16.5. The zero-order valence-corrected chi connectivity index (χ0v) is 12.8. The molecule has 24 heavy (non-hydrogen) atoms. The molecule has 2 amide bonds.